The van der Waals surface area contributed by atoms with E-state index in [1.165, 1.54) is 13.8 Å². The maximum Gasteiger partial charge on any atom is 0.305 e. The van der Waals surface area contributed by atoms with E-state index in [9.17, 15) is 72.2 Å². The molecule has 43 heteroatoms. The lowest BCUT2D eigenvalue weighted by atomic mass is 9.83. The zero-order valence-electron chi connectivity index (χ0n) is 64.4. The molecule has 13 amide bonds. The zero-order valence-corrected chi connectivity index (χ0v) is 66.1. The number of carboxylic acids is 1. The molecule has 15 atom stereocenters. The number of nitrogens with two attached hydrogens (primary N) is 10. The molecule has 1 saturated carbocycles. The van der Waals surface area contributed by atoms with E-state index in [2.05, 4.69) is 83.8 Å². The zero-order chi connectivity index (χ0) is 83.7. The van der Waals surface area contributed by atoms with Crippen LogP contribution in [0.15, 0.2) is 50.3 Å². The Bertz CT molecular complexity index is 3450. The fraction of sp³-hybridized carbons (Fsp3) is 0.652. The number of benzene rings is 1. The van der Waals surface area contributed by atoms with Crippen LogP contribution in [0, 0.1) is 17.8 Å². The largest absolute Gasteiger partial charge is 0.481 e. The molecule has 0 unspecified atom stereocenters. The van der Waals surface area contributed by atoms with Crippen molar-refractivity contribution in [3.05, 3.63) is 35.9 Å². The van der Waals surface area contributed by atoms with E-state index in [0.29, 0.717) is 31.2 Å². The lowest BCUT2D eigenvalue weighted by molar-refractivity contribution is -0.142. The monoisotopic (exact) mass is 1610 g/mol. The number of aliphatic carboxylic acids is 1. The van der Waals surface area contributed by atoms with E-state index >= 15 is 0 Å². The van der Waals surface area contributed by atoms with Crippen molar-refractivity contribution in [2.45, 2.75) is 229 Å². The molecule has 0 aromatic heterocycles. The Labute approximate surface area is 659 Å². The number of hydrogen-bond donors (Lipinski definition) is 23. The summed E-state index contributed by atoms with van der Waals surface area (Å²) in [5.41, 5.74) is 57.3. The number of amides is 13. The van der Waals surface area contributed by atoms with Crippen molar-refractivity contribution in [3.63, 3.8) is 0 Å². The highest BCUT2D eigenvalue weighted by Gasteiger charge is 2.40. The van der Waals surface area contributed by atoms with Gasteiger partial charge in [-0.25, -0.2) is 0 Å². The van der Waals surface area contributed by atoms with Crippen LogP contribution in [-0.2, 0) is 73.5 Å². The van der Waals surface area contributed by atoms with Gasteiger partial charge in [-0.05, 0) is 101 Å². The minimum Gasteiger partial charge on any atom is -0.481 e. The van der Waals surface area contributed by atoms with Crippen LogP contribution < -0.4 is 121 Å². The summed E-state index contributed by atoms with van der Waals surface area (Å²) in [6.45, 7) is 9.10. The van der Waals surface area contributed by atoms with Crippen LogP contribution in [0.3, 0.4) is 0 Å². The molecule has 3 rings (SSSR count). The maximum absolute atomic E-state index is 14.9. The van der Waals surface area contributed by atoms with Gasteiger partial charge < -0.3 is 126 Å². The molecule has 2 aliphatic rings. The van der Waals surface area contributed by atoms with Crippen LogP contribution in [0.2, 0.25) is 0 Å². The quantitative estimate of drug-likeness (QED) is 0.0161. The number of rotatable bonds is 28. The molecule has 33 N–H and O–H groups in total. The first-order valence-corrected chi connectivity index (χ1v) is 39.9. The van der Waals surface area contributed by atoms with Crippen LogP contribution in [0.25, 0.3) is 0 Å². The van der Waals surface area contributed by atoms with Crippen molar-refractivity contribution in [2.24, 2.45) is 95.1 Å². The number of guanidine groups is 4. The van der Waals surface area contributed by atoms with Gasteiger partial charge in [0, 0.05) is 44.1 Å². The Morgan fingerprint density at radius 2 is 0.884 bits per heavy atom. The average molecular weight is 1620 g/mol. The molecule has 2 fully saturated rings. The minimum atomic E-state index is -1.96. The van der Waals surface area contributed by atoms with Gasteiger partial charge in [-0.15, -0.1) is 0 Å². The smallest absolute Gasteiger partial charge is 0.305 e. The lowest BCUT2D eigenvalue weighted by Crippen LogP contribution is -2.62. The molecule has 0 bridgehead atoms. The number of carbonyl (C=O) groups excluding carboxylic acids is 13. The van der Waals surface area contributed by atoms with E-state index in [-0.39, 0.29) is 132 Å². The molecule has 1 aromatic carbocycles. The number of nitrogens with zero attached hydrogens (tertiary/aromatic N) is 4. The summed E-state index contributed by atoms with van der Waals surface area (Å²) in [5.74, 6) is -17.6. The summed E-state index contributed by atoms with van der Waals surface area (Å²) >= 11 is 0. The molecule has 0 spiro atoms. The number of aliphatic imine (C=N–C) groups is 4. The summed E-state index contributed by atoms with van der Waals surface area (Å²) in [7, 11) is 1.90. The summed E-state index contributed by atoms with van der Waals surface area (Å²) in [6, 6.07) is -11.1. The second-order valence-electron chi connectivity index (χ2n) is 27.7. The van der Waals surface area contributed by atoms with Gasteiger partial charge >= 0.3 is 5.97 Å². The third-order valence-corrected chi connectivity index (χ3v) is 21.0. The van der Waals surface area contributed by atoms with Crippen molar-refractivity contribution in [3.8, 4) is 0 Å². The molecular formula is C69H118N26O15S2. The SMILES string of the molecule is CC[C@H](C)[C@@H]1NC(=O)[C@@H](CCCN=C(N)N)NC(=O)[C@@H](C)NC(=O)[C@@H](C)NC(=O)[C@@H](C2CCCCC2)NC(=O)[C@H](NC(=O)[C@H](N)CCCN=C(N)N)CSSC[C@H](C(N)=O)NC(=O)[C@@H](CCCN=C(N)N)NC(=O)[C@H](Cc2ccccc2)NC(=O)[C@@H]([C@@H](C)CC)NC(=O)[C@H](CCCN=C(N)N)NC(=O)[C@@H](CC(=O)O)NC1=O. The molecular weight excluding hydrogens is 1500 g/mol. The Morgan fingerprint density at radius 1 is 0.482 bits per heavy atom. The Kier molecular flexibility index (Phi) is 43.1. The third-order valence-electron chi connectivity index (χ3n) is 18.6. The number of carbonyl (C=O) groups is 14. The molecule has 41 nitrogen and oxygen atoms in total. The fourth-order valence-electron chi connectivity index (χ4n) is 11.7. The number of nitrogens with one attached hydrogen (secondary N) is 12. The van der Waals surface area contributed by atoms with E-state index in [1.807, 2.05) is 0 Å². The third kappa shape index (κ3) is 35.7. The topological polar surface area (TPSA) is 713 Å². The average Bonchev–Trinajstić information content (AvgIpc) is 0.845. The minimum absolute atomic E-state index is 0.0114. The van der Waals surface area contributed by atoms with Crippen molar-refractivity contribution in [1.29, 1.82) is 0 Å². The molecule has 1 aliphatic heterocycles. The highest BCUT2D eigenvalue weighted by Crippen LogP contribution is 2.28. The standard InChI is InChI=1S/C69H118N26O15S2/c1-7-35(3)50-63(108)89-45(31-39-19-11-9-12-20-39)60(105)87-42(24-16-28-81-67(74)75)57(102)91-47(53(71)98)33-111-112-34-48(92-56(101)41(70)23-15-27-80-66(72)73)62(107)95-52(40-21-13-10-14-22-40)65(110)85-37(5)54(99)84-38(6)55(100)86-43(25-17-29-82-68(76)77)58(103)93-51(36(4)8-2)64(109)90-46(32-49(96)97)61(106)88-44(59(104)94-50)26-18-30-83-69(78)79/h9,11-12,19-20,35-38,40-48,50-52H,7-8,10,13-18,21-34,70H2,1-6H3,(H2,71,98)(H,84,99)(H,85,110)(H,86,100)(H,87,105)(H,88,106)(H,89,108)(H,90,109)(H,91,102)(H,92,101)(H,93,103)(H,94,104)(H,95,107)(H,96,97)(H4,72,73,80)(H4,74,75,81)(H4,76,77,82)(H4,78,79,83)/t35-,36-,37+,38+,41+,42+,43+,44-,45-,46+,47+,48+,50+,51-,52+/m0/s1. The van der Waals surface area contributed by atoms with Gasteiger partial charge in [-0.1, -0.05) is 112 Å². The van der Waals surface area contributed by atoms with Gasteiger partial charge in [-0.2, -0.15) is 0 Å². The van der Waals surface area contributed by atoms with E-state index < -0.39 is 185 Å². The Hall–Kier alpha value is -10.5. The van der Waals surface area contributed by atoms with Crippen LogP contribution in [-0.4, -0.2) is 228 Å². The number of carboxylic acid groups (broad SMARTS) is 1. The second-order valence-corrected chi connectivity index (χ2v) is 30.2. The predicted molar refractivity (Wildman–Crippen MR) is 424 cm³/mol. The molecule has 1 aromatic rings. The van der Waals surface area contributed by atoms with Crippen molar-refractivity contribution in [1.82, 2.24) is 63.8 Å². The highest BCUT2D eigenvalue weighted by molar-refractivity contribution is 8.76. The van der Waals surface area contributed by atoms with Gasteiger partial charge in [0.25, 0.3) is 0 Å². The van der Waals surface area contributed by atoms with E-state index in [1.54, 1.807) is 58.0 Å². The van der Waals surface area contributed by atoms with Crippen molar-refractivity contribution in [2.75, 3.05) is 37.7 Å². The maximum atomic E-state index is 14.9. The van der Waals surface area contributed by atoms with Gasteiger partial charge in [-0.3, -0.25) is 87.1 Å². The number of hydrogen-bond acceptors (Lipinski definition) is 21. The van der Waals surface area contributed by atoms with Gasteiger partial charge in [0.2, 0.25) is 76.8 Å². The molecule has 112 heavy (non-hydrogen) atoms. The van der Waals surface area contributed by atoms with Gasteiger partial charge in [0.1, 0.15) is 72.5 Å². The molecule has 0 radical (unpaired) electrons. The first kappa shape index (κ1) is 95.7. The van der Waals surface area contributed by atoms with Crippen LogP contribution in [0.4, 0.5) is 0 Å². The Balaban J connectivity index is 2.32. The van der Waals surface area contributed by atoms with Crippen LogP contribution in [0.1, 0.15) is 150 Å². The summed E-state index contributed by atoms with van der Waals surface area (Å²) < 4.78 is 0. The van der Waals surface area contributed by atoms with Crippen molar-refractivity contribution >= 4 is 128 Å². The first-order valence-electron chi connectivity index (χ1n) is 37.4. The van der Waals surface area contributed by atoms with Crippen LogP contribution in [0.5, 0.6) is 0 Å². The van der Waals surface area contributed by atoms with Gasteiger partial charge in [0.05, 0.1) is 12.5 Å². The second kappa shape index (κ2) is 50.4. The Morgan fingerprint density at radius 3 is 1.34 bits per heavy atom. The normalized spacial score (nSPS) is 24.9. The summed E-state index contributed by atoms with van der Waals surface area (Å²) in [5, 5.41) is 41.6. The molecule has 1 aliphatic carbocycles. The fourth-order valence-corrected chi connectivity index (χ4v) is 14.1. The lowest BCUT2D eigenvalue weighted by Gasteiger charge is -2.32. The molecule has 1 saturated heterocycles. The highest BCUT2D eigenvalue weighted by atomic mass is 33.1. The van der Waals surface area contributed by atoms with E-state index in [0.717, 1.165) is 28.0 Å². The molecule has 626 valence electrons. The molecule has 1 heterocycles. The van der Waals surface area contributed by atoms with Crippen LogP contribution >= 0.6 is 21.6 Å². The predicted octanol–water partition coefficient (Wildman–Crippen LogP) is -6.34. The first-order chi connectivity index (χ1) is 53.0. The van der Waals surface area contributed by atoms with Crippen molar-refractivity contribution < 1.29 is 72.2 Å². The van der Waals surface area contributed by atoms with E-state index in [4.69, 9.17) is 57.3 Å². The van der Waals surface area contributed by atoms with Gasteiger partial charge in [0.15, 0.2) is 23.8 Å². The summed E-state index contributed by atoms with van der Waals surface area (Å²) in [6.07, 6.45) is 1.98. The summed E-state index contributed by atoms with van der Waals surface area (Å²) in [4.78, 5) is 216. The number of primary amides is 1.